The molecule has 0 saturated carbocycles. The first-order chi connectivity index (χ1) is 7.16. The second kappa shape index (κ2) is 6.57. The van der Waals surface area contributed by atoms with Crippen LogP contribution in [0.2, 0.25) is 0 Å². The van der Waals surface area contributed by atoms with Gasteiger partial charge in [-0.3, -0.25) is 0 Å². The highest BCUT2D eigenvalue weighted by molar-refractivity contribution is 7.89. The minimum atomic E-state index is -3.24. The van der Waals surface area contributed by atoms with Crippen LogP contribution in [0.1, 0.15) is 47.0 Å². The van der Waals surface area contributed by atoms with Gasteiger partial charge >= 0.3 is 0 Å². The minimum Gasteiger partial charge on any atom is -0.392 e. The molecule has 0 spiro atoms. The first-order valence-corrected chi connectivity index (χ1v) is 7.47. The van der Waals surface area contributed by atoms with Crippen LogP contribution in [-0.4, -0.2) is 31.9 Å². The SMILES string of the molecule is CCCC(O)CNS(=O)(=O)CCC(C)(C)C. The van der Waals surface area contributed by atoms with Gasteiger partial charge in [-0.1, -0.05) is 34.1 Å². The second-order valence-electron chi connectivity index (χ2n) is 5.42. The lowest BCUT2D eigenvalue weighted by atomic mass is 9.94. The van der Waals surface area contributed by atoms with Gasteiger partial charge in [-0.2, -0.15) is 0 Å². The Hall–Kier alpha value is -0.130. The molecule has 1 unspecified atom stereocenters. The molecule has 0 fully saturated rings. The van der Waals surface area contributed by atoms with Crippen LogP contribution < -0.4 is 4.72 Å². The molecule has 2 N–H and O–H groups in total. The quantitative estimate of drug-likeness (QED) is 0.720. The van der Waals surface area contributed by atoms with Crippen molar-refractivity contribution in [1.82, 2.24) is 4.72 Å². The molecule has 0 heterocycles. The van der Waals surface area contributed by atoms with Crippen molar-refractivity contribution in [2.24, 2.45) is 5.41 Å². The summed E-state index contributed by atoms with van der Waals surface area (Å²) in [4.78, 5) is 0. The lowest BCUT2D eigenvalue weighted by Crippen LogP contribution is -2.34. The molecule has 0 bridgehead atoms. The van der Waals surface area contributed by atoms with E-state index < -0.39 is 16.1 Å². The average Bonchev–Trinajstić information content (AvgIpc) is 2.12. The lowest BCUT2D eigenvalue weighted by Gasteiger charge is -2.18. The van der Waals surface area contributed by atoms with Crippen molar-refractivity contribution in [3.05, 3.63) is 0 Å². The maximum atomic E-state index is 11.6. The van der Waals surface area contributed by atoms with Gasteiger partial charge in [-0.25, -0.2) is 13.1 Å². The maximum absolute atomic E-state index is 11.6. The second-order valence-corrected chi connectivity index (χ2v) is 7.35. The van der Waals surface area contributed by atoms with E-state index in [0.717, 1.165) is 6.42 Å². The Bertz CT molecular complexity index is 280. The Morgan fingerprint density at radius 1 is 1.31 bits per heavy atom. The normalized spacial score (nSPS) is 15.1. The van der Waals surface area contributed by atoms with Crippen LogP contribution in [0.3, 0.4) is 0 Å². The molecule has 0 radical (unpaired) electrons. The molecule has 0 aromatic rings. The lowest BCUT2D eigenvalue weighted by molar-refractivity contribution is 0.167. The Kier molecular flexibility index (Phi) is 6.51. The van der Waals surface area contributed by atoms with Gasteiger partial charge in [0.25, 0.3) is 0 Å². The van der Waals surface area contributed by atoms with Crippen molar-refractivity contribution in [1.29, 1.82) is 0 Å². The standard InChI is InChI=1S/C11H25NO3S/c1-5-6-10(13)9-12-16(14,15)8-7-11(2,3)4/h10,12-13H,5-9H2,1-4H3. The molecular formula is C11H25NO3S. The van der Waals surface area contributed by atoms with Gasteiger partial charge in [0, 0.05) is 6.54 Å². The highest BCUT2D eigenvalue weighted by atomic mass is 32.2. The number of rotatable bonds is 7. The maximum Gasteiger partial charge on any atom is 0.211 e. The van der Waals surface area contributed by atoms with Gasteiger partial charge < -0.3 is 5.11 Å². The number of aliphatic hydroxyl groups excluding tert-OH is 1. The largest absolute Gasteiger partial charge is 0.392 e. The van der Waals surface area contributed by atoms with E-state index in [1.165, 1.54) is 0 Å². The van der Waals surface area contributed by atoms with Crippen molar-refractivity contribution < 1.29 is 13.5 Å². The van der Waals surface area contributed by atoms with Gasteiger partial charge in [-0.05, 0) is 18.3 Å². The Morgan fingerprint density at radius 2 is 1.88 bits per heavy atom. The number of hydrogen-bond acceptors (Lipinski definition) is 3. The molecule has 1 atom stereocenters. The van der Waals surface area contributed by atoms with Gasteiger partial charge in [0.1, 0.15) is 0 Å². The molecule has 0 saturated heterocycles. The van der Waals surface area contributed by atoms with E-state index in [1.54, 1.807) is 0 Å². The van der Waals surface area contributed by atoms with E-state index in [-0.39, 0.29) is 17.7 Å². The van der Waals surface area contributed by atoms with Gasteiger partial charge in [0.2, 0.25) is 10.0 Å². The zero-order valence-electron chi connectivity index (χ0n) is 10.8. The summed E-state index contributed by atoms with van der Waals surface area (Å²) in [7, 11) is -3.24. The zero-order valence-corrected chi connectivity index (χ0v) is 11.6. The summed E-state index contributed by atoms with van der Waals surface area (Å²) in [5.74, 6) is 0.120. The monoisotopic (exact) mass is 251 g/mol. The van der Waals surface area contributed by atoms with E-state index in [4.69, 9.17) is 0 Å². The van der Waals surface area contributed by atoms with Crippen molar-refractivity contribution in [2.45, 2.75) is 53.1 Å². The van der Waals surface area contributed by atoms with Gasteiger partial charge in [0.15, 0.2) is 0 Å². The van der Waals surface area contributed by atoms with E-state index in [9.17, 15) is 13.5 Å². The third-order valence-electron chi connectivity index (χ3n) is 2.28. The van der Waals surface area contributed by atoms with Crippen LogP contribution in [0.25, 0.3) is 0 Å². The molecule has 0 aliphatic carbocycles. The summed E-state index contributed by atoms with van der Waals surface area (Å²) in [6.45, 7) is 8.11. The van der Waals surface area contributed by atoms with Crippen LogP contribution >= 0.6 is 0 Å². The Labute approximate surface area is 99.5 Å². The molecule has 0 aliphatic rings. The summed E-state index contributed by atoms with van der Waals surface area (Å²) in [5, 5.41) is 9.41. The fraction of sp³-hybridized carbons (Fsp3) is 1.00. The first kappa shape index (κ1) is 15.9. The summed E-state index contributed by atoms with van der Waals surface area (Å²) >= 11 is 0. The fourth-order valence-corrected chi connectivity index (χ4v) is 2.64. The van der Waals surface area contributed by atoms with Crippen LogP contribution in [0, 0.1) is 5.41 Å². The average molecular weight is 251 g/mol. The summed E-state index contributed by atoms with van der Waals surface area (Å²) in [5.41, 5.74) is 0.0107. The molecule has 4 nitrogen and oxygen atoms in total. The molecular weight excluding hydrogens is 226 g/mol. The molecule has 16 heavy (non-hydrogen) atoms. The van der Waals surface area contributed by atoms with Crippen LogP contribution in [-0.2, 0) is 10.0 Å². The first-order valence-electron chi connectivity index (χ1n) is 5.82. The third kappa shape index (κ3) is 9.12. The molecule has 0 aromatic heterocycles. The molecule has 98 valence electrons. The number of hydrogen-bond donors (Lipinski definition) is 2. The van der Waals surface area contributed by atoms with Crippen molar-refractivity contribution in [2.75, 3.05) is 12.3 Å². The van der Waals surface area contributed by atoms with E-state index in [1.807, 2.05) is 27.7 Å². The summed E-state index contributed by atoms with van der Waals surface area (Å²) in [6, 6.07) is 0. The molecule has 5 heteroatoms. The summed E-state index contributed by atoms with van der Waals surface area (Å²) < 4.78 is 25.6. The predicted octanol–water partition coefficient (Wildman–Crippen LogP) is 1.50. The number of aliphatic hydroxyl groups is 1. The van der Waals surface area contributed by atoms with E-state index >= 15 is 0 Å². The minimum absolute atomic E-state index is 0.0107. The number of sulfonamides is 1. The molecule has 0 aromatic carbocycles. The van der Waals surface area contributed by atoms with Gasteiger partial charge in [-0.15, -0.1) is 0 Å². The van der Waals surface area contributed by atoms with E-state index in [0.29, 0.717) is 12.8 Å². The zero-order chi connectivity index (χ0) is 12.8. The Balaban J connectivity index is 3.97. The van der Waals surface area contributed by atoms with Crippen molar-refractivity contribution in [3.8, 4) is 0 Å². The highest BCUT2D eigenvalue weighted by Crippen LogP contribution is 2.18. The van der Waals surface area contributed by atoms with Crippen molar-refractivity contribution >= 4 is 10.0 Å². The highest BCUT2D eigenvalue weighted by Gasteiger charge is 2.17. The molecule has 0 amide bonds. The van der Waals surface area contributed by atoms with Crippen LogP contribution in [0.4, 0.5) is 0 Å². The topological polar surface area (TPSA) is 66.4 Å². The van der Waals surface area contributed by atoms with Crippen LogP contribution in [0.5, 0.6) is 0 Å². The van der Waals surface area contributed by atoms with Crippen LogP contribution in [0.15, 0.2) is 0 Å². The third-order valence-corrected chi connectivity index (χ3v) is 3.63. The van der Waals surface area contributed by atoms with Gasteiger partial charge in [0.05, 0.1) is 11.9 Å². The summed E-state index contributed by atoms with van der Waals surface area (Å²) in [6.07, 6.45) is 1.52. The molecule has 0 aliphatic heterocycles. The number of nitrogens with one attached hydrogen (secondary N) is 1. The van der Waals surface area contributed by atoms with E-state index in [2.05, 4.69) is 4.72 Å². The molecule has 0 rings (SSSR count). The van der Waals surface area contributed by atoms with Crippen molar-refractivity contribution in [3.63, 3.8) is 0 Å². The smallest absolute Gasteiger partial charge is 0.211 e. The Morgan fingerprint density at radius 3 is 2.31 bits per heavy atom. The predicted molar refractivity (Wildman–Crippen MR) is 66.8 cm³/mol. The fourth-order valence-electron chi connectivity index (χ4n) is 1.17.